The third kappa shape index (κ3) is 4.23. The van der Waals surface area contributed by atoms with E-state index < -0.39 is 28.3 Å². The minimum atomic E-state index is -0.815. The Morgan fingerprint density at radius 3 is 2.62 bits per heavy atom. The second-order valence-corrected chi connectivity index (χ2v) is 4.13. The first kappa shape index (κ1) is 16.5. The molecule has 0 radical (unpaired) electrons. The summed E-state index contributed by atoms with van der Waals surface area (Å²) >= 11 is 0. The zero-order valence-corrected chi connectivity index (χ0v) is 11.7. The van der Waals surface area contributed by atoms with Crippen LogP contribution in [0.25, 0.3) is 0 Å². The van der Waals surface area contributed by atoms with Gasteiger partial charge in [0.25, 0.3) is 11.6 Å². The average Bonchev–Trinajstić information content (AvgIpc) is 2.47. The van der Waals surface area contributed by atoms with Crippen LogP contribution in [0.5, 0.6) is 0 Å². The number of hydrogen-bond donors (Lipinski definition) is 0. The summed E-state index contributed by atoms with van der Waals surface area (Å²) in [5.74, 6) is -1.92. The smallest absolute Gasteiger partial charge is 0.307 e. The van der Waals surface area contributed by atoms with Crippen molar-refractivity contribution in [2.24, 2.45) is 0 Å². The summed E-state index contributed by atoms with van der Waals surface area (Å²) < 4.78 is 17.5. The molecule has 0 aliphatic rings. The lowest BCUT2D eigenvalue weighted by atomic mass is 10.1. The van der Waals surface area contributed by atoms with Crippen LogP contribution >= 0.6 is 0 Å². The number of amides is 1. The Morgan fingerprint density at radius 1 is 1.43 bits per heavy atom. The molecular weight excluding hydrogens is 283 g/mol. The van der Waals surface area contributed by atoms with Crippen molar-refractivity contribution in [3.63, 3.8) is 0 Å². The van der Waals surface area contributed by atoms with Crippen molar-refractivity contribution in [1.29, 1.82) is 0 Å². The highest BCUT2D eigenvalue weighted by molar-refractivity contribution is 5.98. The van der Waals surface area contributed by atoms with E-state index >= 15 is 0 Å². The Bertz CT molecular complexity index is 561. The van der Waals surface area contributed by atoms with E-state index in [1.807, 2.05) is 0 Å². The number of nitrogens with zero attached hydrogens (tertiary/aromatic N) is 2. The van der Waals surface area contributed by atoms with Gasteiger partial charge in [-0.15, -0.1) is 0 Å². The third-order valence-electron chi connectivity index (χ3n) is 2.87. The van der Waals surface area contributed by atoms with Crippen molar-refractivity contribution >= 4 is 17.6 Å². The van der Waals surface area contributed by atoms with Crippen LogP contribution in [0.2, 0.25) is 0 Å². The molecule has 0 saturated carbocycles. The molecular formula is C13H15FN2O5. The molecule has 0 fully saturated rings. The quantitative estimate of drug-likeness (QED) is 0.453. The van der Waals surface area contributed by atoms with Crippen LogP contribution in [-0.4, -0.2) is 41.9 Å². The Kier molecular flexibility index (Phi) is 5.77. The van der Waals surface area contributed by atoms with Crippen LogP contribution in [0, 0.1) is 15.9 Å². The van der Waals surface area contributed by atoms with Crippen LogP contribution in [0.15, 0.2) is 18.2 Å². The van der Waals surface area contributed by atoms with E-state index in [1.54, 1.807) is 6.92 Å². The van der Waals surface area contributed by atoms with Gasteiger partial charge in [0.2, 0.25) is 0 Å². The molecule has 0 aliphatic heterocycles. The fourth-order valence-electron chi connectivity index (χ4n) is 1.74. The van der Waals surface area contributed by atoms with Gasteiger partial charge in [0.1, 0.15) is 11.4 Å². The maximum atomic E-state index is 13.1. The number of ether oxygens (including phenoxy) is 1. The van der Waals surface area contributed by atoms with Gasteiger partial charge in [-0.1, -0.05) is 0 Å². The highest BCUT2D eigenvalue weighted by Gasteiger charge is 2.25. The number of hydrogen-bond acceptors (Lipinski definition) is 5. The summed E-state index contributed by atoms with van der Waals surface area (Å²) in [4.78, 5) is 34.7. The van der Waals surface area contributed by atoms with Gasteiger partial charge in [-0.05, 0) is 19.1 Å². The van der Waals surface area contributed by atoms with E-state index in [2.05, 4.69) is 4.74 Å². The van der Waals surface area contributed by atoms with Gasteiger partial charge in [-0.25, -0.2) is 4.39 Å². The predicted molar refractivity (Wildman–Crippen MR) is 71.3 cm³/mol. The van der Waals surface area contributed by atoms with Crippen molar-refractivity contribution < 1.29 is 23.6 Å². The highest BCUT2D eigenvalue weighted by Crippen LogP contribution is 2.21. The SMILES string of the molecule is CCN(CCC(=O)OC)C(=O)c1ccc(F)cc1[N+](=O)[O-]. The van der Waals surface area contributed by atoms with E-state index in [0.717, 1.165) is 12.1 Å². The number of nitro benzene ring substituents is 1. The number of methoxy groups -OCH3 is 1. The van der Waals surface area contributed by atoms with Crippen LogP contribution in [0.4, 0.5) is 10.1 Å². The second kappa shape index (κ2) is 7.32. The molecule has 7 nitrogen and oxygen atoms in total. The number of benzene rings is 1. The summed E-state index contributed by atoms with van der Waals surface area (Å²) in [6.45, 7) is 1.99. The first-order valence-corrected chi connectivity index (χ1v) is 6.20. The number of rotatable bonds is 6. The fourth-order valence-corrected chi connectivity index (χ4v) is 1.74. The molecule has 0 heterocycles. The molecule has 114 valence electrons. The van der Waals surface area contributed by atoms with Gasteiger partial charge < -0.3 is 9.64 Å². The van der Waals surface area contributed by atoms with Gasteiger partial charge in [0.15, 0.2) is 0 Å². The summed E-state index contributed by atoms with van der Waals surface area (Å²) in [5, 5.41) is 10.9. The van der Waals surface area contributed by atoms with Crippen molar-refractivity contribution in [2.45, 2.75) is 13.3 Å². The topological polar surface area (TPSA) is 89.8 Å². The summed E-state index contributed by atoms with van der Waals surface area (Å²) in [6, 6.07) is 2.74. The molecule has 0 saturated heterocycles. The summed E-state index contributed by atoms with van der Waals surface area (Å²) in [6.07, 6.45) is -0.0227. The van der Waals surface area contributed by atoms with E-state index in [-0.39, 0.29) is 25.1 Å². The molecule has 8 heteroatoms. The average molecular weight is 298 g/mol. The molecule has 0 atom stereocenters. The van der Waals surface area contributed by atoms with Gasteiger partial charge in [-0.2, -0.15) is 0 Å². The third-order valence-corrected chi connectivity index (χ3v) is 2.87. The molecule has 1 aromatic carbocycles. The maximum Gasteiger partial charge on any atom is 0.307 e. The fraction of sp³-hybridized carbons (Fsp3) is 0.385. The van der Waals surface area contributed by atoms with E-state index in [1.165, 1.54) is 12.0 Å². The van der Waals surface area contributed by atoms with Gasteiger partial charge in [0, 0.05) is 13.1 Å². The van der Waals surface area contributed by atoms with Crippen LogP contribution in [0.1, 0.15) is 23.7 Å². The van der Waals surface area contributed by atoms with Gasteiger partial charge in [0.05, 0.1) is 24.5 Å². The van der Waals surface area contributed by atoms with E-state index in [4.69, 9.17) is 0 Å². The lowest BCUT2D eigenvalue weighted by Gasteiger charge is -2.20. The maximum absolute atomic E-state index is 13.1. The number of carbonyl (C=O) groups excluding carboxylic acids is 2. The van der Waals surface area contributed by atoms with Gasteiger partial charge in [-0.3, -0.25) is 19.7 Å². The zero-order valence-electron chi connectivity index (χ0n) is 11.7. The number of carbonyl (C=O) groups is 2. The minimum Gasteiger partial charge on any atom is -0.469 e. The lowest BCUT2D eigenvalue weighted by Crippen LogP contribution is -2.33. The molecule has 0 aromatic heterocycles. The first-order valence-electron chi connectivity index (χ1n) is 6.20. The molecule has 1 rings (SSSR count). The Morgan fingerprint density at radius 2 is 2.10 bits per heavy atom. The predicted octanol–water partition coefficient (Wildman–Crippen LogP) is 1.76. The van der Waals surface area contributed by atoms with Crippen molar-refractivity contribution in [3.05, 3.63) is 39.7 Å². The summed E-state index contributed by atoms with van der Waals surface area (Å²) in [5.41, 5.74) is -0.815. The van der Waals surface area contributed by atoms with Crippen molar-refractivity contribution in [3.8, 4) is 0 Å². The molecule has 0 N–H and O–H groups in total. The van der Waals surface area contributed by atoms with Crippen LogP contribution in [0.3, 0.4) is 0 Å². The number of nitro groups is 1. The Hall–Kier alpha value is -2.51. The molecule has 0 spiro atoms. The molecule has 1 aromatic rings. The van der Waals surface area contributed by atoms with Crippen molar-refractivity contribution in [2.75, 3.05) is 20.2 Å². The minimum absolute atomic E-state index is 0.0227. The zero-order chi connectivity index (χ0) is 16.0. The number of esters is 1. The van der Waals surface area contributed by atoms with E-state index in [9.17, 15) is 24.1 Å². The highest BCUT2D eigenvalue weighted by atomic mass is 19.1. The molecule has 0 bridgehead atoms. The monoisotopic (exact) mass is 298 g/mol. The van der Waals surface area contributed by atoms with Crippen LogP contribution in [-0.2, 0) is 9.53 Å². The second-order valence-electron chi connectivity index (χ2n) is 4.13. The standard InChI is InChI=1S/C13H15FN2O5/c1-3-15(7-6-12(17)21-2)13(18)10-5-4-9(14)8-11(10)16(19)20/h4-5,8H,3,6-7H2,1-2H3. The first-order chi connectivity index (χ1) is 9.90. The Balaban J connectivity index is 3.00. The lowest BCUT2D eigenvalue weighted by molar-refractivity contribution is -0.385. The molecule has 21 heavy (non-hydrogen) atoms. The van der Waals surface area contributed by atoms with Gasteiger partial charge >= 0.3 is 5.97 Å². The Labute approximate surface area is 120 Å². The normalized spacial score (nSPS) is 10.0. The molecule has 0 unspecified atom stereocenters. The molecule has 1 amide bonds. The van der Waals surface area contributed by atoms with Crippen LogP contribution < -0.4 is 0 Å². The van der Waals surface area contributed by atoms with E-state index in [0.29, 0.717) is 6.07 Å². The van der Waals surface area contributed by atoms with Crippen molar-refractivity contribution in [1.82, 2.24) is 4.90 Å². The summed E-state index contributed by atoms with van der Waals surface area (Å²) in [7, 11) is 1.23. The largest absolute Gasteiger partial charge is 0.469 e. The number of halogens is 1. The molecule has 0 aliphatic carbocycles.